The summed E-state index contributed by atoms with van der Waals surface area (Å²) in [6, 6.07) is 3.86. The van der Waals surface area contributed by atoms with Gasteiger partial charge in [-0.25, -0.2) is 4.98 Å². The lowest BCUT2D eigenvalue weighted by Crippen LogP contribution is -2.38. The number of nitrogens with zero attached hydrogens (tertiary/aromatic N) is 6. The third-order valence-electron chi connectivity index (χ3n) is 4.54. The van der Waals surface area contributed by atoms with E-state index in [1.54, 1.807) is 17.3 Å². The number of aromatic amines is 1. The maximum absolute atomic E-state index is 12.1. The molecule has 3 aromatic rings. The Bertz CT molecular complexity index is 958. The Kier molecular flexibility index (Phi) is 3.54. The third kappa shape index (κ3) is 2.34. The molecular weight excluding hydrogens is 306 g/mol. The van der Waals surface area contributed by atoms with Crippen molar-refractivity contribution in [1.29, 1.82) is 5.26 Å². The first-order chi connectivity index (χ1) is 11.8. The van der Waals surface area contributed by atoms with Gasteiger partial charge in [0.25, 0.3) is 0 Å². The fraction of sp³-hybridized carbons (Fsp3) is 0.375. The highest BCUT2D eigenvalue weighted by Crippen LogP contribution is 2.33. The Hall–Kier alpha value is -3.08. The van der Waals surface area contributed by atoms with Crippen molar-refractivity contribution in [1.82, 2.24) is 30.3 Å². The van der Waals surface area contributed by atoms with E-state index in [2.05, 4.69) is 25.4 Å². The molecule has 24 heavy (non-hydrogen) atoms. The fourth-order valence-corrected chi connectivity index (χ4v) is 3.42. The van der Waals surface area contributed by atoms with Crippen molar-refractivity contribution >= 4 is 28.0 Å². The number of carbonyl (C=O) groups excluding carboxylic acids is 1. The largest absolute Gasteiger partial charge is 0.341 e. The lowest BCUT2D eigenvalue weighted by molar-refractivity contribution is -0.131. The van der Waals surface area contributed by atoms with Gasteiger partial charge in [-0.2, -0.15) is 10.4 Å². The van der Waals surface area contributed by atoms with Gasteiger partial charge in [-0.15, -0.1) is 10.2 Å². The Morgan fingerprint density at radius 3 is 3.25 bits per heavy atom. The maximum Gasteiger partial charge on any atom is 0.236 e. The Morgan fingerprint density at radius 1 is 1.46 bits per heavy atom. The standard InChI is InChI=1S/C16H15N7O/c17-5-3-13(24)23-7-1-2-10(9-23)12-8-19-20-16-14(12)11-4-6-18-15(11)21-22-16/h4,6,8,10H,1-3,7,9H2,(H,20,22). The molecule has 1 aliphatic rings. The minimum absolute atomic E-state index is 0.0726. The summed E-state index contributed by atoms with van der Waals surface area (Å²) in [5, 5.41) is 26.0. The van der Waals surface area contributed by atoms with E-state index < -0.39 is 0 Å². The fourth-order valence-electron chi connectivity index (χ4n) is 3.42. The summed E-state index contributed by atoms with van der Waals surface area (Å²) < 4.78 is 0. The van der Waals surface area contributed by atoms with Gasteiger partial charge in [0.15, 0.2) is 11.3 Å². The van der Waals surface area contributed by atoms with Crippen LogP contribution >= 0.6 is 0 Å². The molecule has 1 aliphatic heterocycles. The minimum atomic E-state index is -0.109. The number of nitriles is 1. The van der Waals surface area contributed by atoms with Crippen molar-refractivity contribution in [3.8, 4) is 6.07 Å². The summed E-state index contributed by atoms with van der Waals surface area (Å²) in [6.07, 6.45) is 5.32. The molecule has 1 amide bonds. The second-order valence-electron chi connectivity index (χ2n) is 5.94. The van der Waals surface area contributed by atoms with Crippen LogP contribution in [0.2, 0.25) is 0 Å². The van der Waals surface area contributed by atoms with E-state index in [1.165, 1.54) is 0 Å². The molecule has 4 heterocycles. The van der Waals surface area contributed by atoms with Gasteiger partial charge in [-0.3, -0.25) is 9.89 Å². The Balaban J connectivity index is 1.77. The highest BCUT2D eigenvalue weighted by Gasteiger charge is 2.27. The maximum atomic E-state index is 12.1. The first-order valence-corrected chi connectivity index (χ1v) is 7.87. The molecule has 1 atom stereocenters. The van der Waals surface area contributed by atoms with E-state index in [1.807, 2.05) is 12.1 Å². The zero-order chi connectivity index (χ0) is 16.5. The summed E-state index contributed by atoms with van der Waals surface area (Å²) in [4.78, 5) is 18.0. The first-order valence-electron chi connectivity index (χ1n) is 7.87. The normalized spacial score (nSPS) is 18.0. The highest BCUT2D eigenvalue weighted by atomic mass is 16.2. The van der Waals surface area contributed by atoms with Gasteiger partial charge in [-0.1, -0.05) is 0 Å². The zero-order valence-electron chi connectivity index (χ0n) is 12.9. The summed E-state index contributed by atoms with van der Waals surface area (Å²) in [6.45, 7) is 1.30. The number of hydrogen-bond acceptors (Lipinski definition) is 6. The number of H-pyrrole nitrogens is 1. The van der Waals surface area contributed by atoms with E-state index in [-0.39, 0.29) is 18.2 Å². The molecule has 0 spiro atoms. The number of aromatic nitrogens is 5. The molecule has 4 rings (SSSR count). The van der Waals surface area contributed by atoms with Gasteiger partial charge < -0.3 is 4.90 Å². The second-order valence-corrected chi connectivity index (χ2v) is 5.94. The number of amides is 1. The van der Waals surface area contributed by atoms with Crippen LogP contribution in [0.5, 0.6) is 0 Å². The lowest BCUT2D eigenvalue weighted by Gasteiger charge is -2.32. The SMILES string of the molecule is N#CCC(=O)N1CCCC(c2cn[nH]c3nnc4nccc4c23)C1. The van der Waals surface area contributed by atoms with Gasteiger partial charge in [0.1, 0.15) is 6.42 Å². The molecule has 1 unspecified atom stereocenters. The number of carbonyl (C=O) groups is 1. The average molecular weight is 321 g/mol. The molecule has 1 saturated heterocycles. The molecule has 0 aromatic carbocycles. The molecule has 120 valence electrons. The zero-order valence-corrected chi connectivity index (χ0v) is 12.9. The molecule has 1 N–H and O–H groups in total. The first kappa shape index (κ1) is 14.5. The monoisotopic (exact) mass is 321 g/mol. The number of nitrogens with one attached hydrogen (secondary N) is 1. The molecule has 0 saturated carbocycles. The van der Waals surface area contributed by atoms with Crippen molar-refractivity contribution in [3.63, 3.8) is 0 Å². The number of piperidine rings is 1. The van der Waals surface area contributed by atoms with E-state index >= 15 is 0 Å². The topological polar surface area (TPSA) is 111 Å². The van der Waals surface area contributed by atoms with Gasteiger partial charge >= 0.3 is 0 Å². The van der Waals surface area contributed by atoms with Gasteiger partial charge in [0.05, 0.1) is 12.3 Å². The van der Waals surface area contributed by atoms with Gasteiger partial charge in [0.2, 0.25) is 5.91 Å². The number of rotatable bonds is 2. The Labute approximate surface area is 137 Å². The molecule has 8 nitrogen and oxygen atoms in total. The van der Waals surface area contributed by atoms with Gasteiger partial charge in [0, 0.05) is 36.0 Å². The summed E-state index contributed by atoms with van der Waals surface area (Å²) in [5.74, 6) is 0.0511. The van der Waals surface area contributed by atoms with Crippen molar-refractivity contribution in [2.45, 2.75) is 25.2 Å². The van der Waals surface area contributed by atoms with E-state index in [0.29, 0.717) is 24.4 Å². The summed E-state index contributed by atoms with van der Waals surface area (Å²) in [7, 11) is 0. The molecular formula is C16H15N7O. The molecule has 0 radical (unpaired) electrons. The van der Waals surface area contributed by atoms with Crippen LogP contribution in [0.25, 0.3) is 22.1 Å². The van der Waals surface area contributed by atoms with Crippen LogP contribution in [0.15, 0.2) is 18.5 Å². The quantitative estimate of drug-likeness (QED) is 0.766. The van der Waals surface area contributed by atoms with Crippen LogP contribution < -0.4 is 0 Å². The lowest BCUT2D eigenvalue weighted by atomic mass is 9.89. The van der Waals surface area contributed by atoms with Crippen LogP contribution in [0.1, 0.15) is 30.7 Å². The molecule has 8 heteroatoms. The van der Waals surface area contributed by atoms with Crippen LogP contribution in [0.4, 0.5) is 0 Å². The molecule has 1 fully saturated rings. The summed E-state index contributed by atoms with van der Waals surface area (Å²) >= 11 is 0. The van der Waals surface area contributed by atoms with Crippen LogP contribution in [0.3, 0.4) is 0 Å². The van der Waals surface area contributed by atoms with E-state index in [9.17, 15) is 4.79 Å². The number of hydrogen-bond donors (Lipinski definition) is 1. The predicted octanol–water partition coefficient (Wildman–Crippen LogP) is 1.52. The molecule has 3 aromatic heterocycles. The van der Waals surface area contributed by atoms with Crippen molar-refractivity contribution in [2.24, 2.45) is 0 Å². The van der Waals surface area contributed by atoms with Crippen molar-refractivity contribution in [3.05, 3.63) is 24.0 Å². The van der Waals surface area contributed by atoms with Crippen molar-refractivity contribution < 1.29 is 4.79 Å². The molecule has 0 bridgehead atoms. The summed E-state index contributed by atoms with van der Waals surface area (Å²) in [5.41, 5.74) is 2.27. The number of fused-ring (bicyclic) bond motifs is 3. The number of likely N-dealkylation sites (tertiary alicyclic amines) is 1. The van der Waals surface area contributed by atoms with Crippen LogP contribution in [-0.4, -0.2) is 49.3 Å². The highest BCUT2D eigenvalue weighted by molar-refractivity contribution is 6.03. The third-order valence-corrected chi connectivity index (χ3v) is 4.54. The van der Waals surface area contributed by atoms with Crippen LogP contribution in [0, 0.1) is 11.3 Å². The van der Waals surface area contributed by atoms with Crippen molar-refractivity contribution in [2.75, 3.05) is 13.1 Å². The van der Waals surface area contributed by atoms with Gasteiger partial charge in [-0.05, 0) is 24.5 Å². The van der Waals surface area contributed by atoms with E-state index in [0.717, 1.165) is 29.2 Å². The Morgan fingerprint density at radius 2 is 2.38 bits per heavy atom. The smallest absolute Gasteiger partial charge is 0.236 e. The van der Waals surface area contributed by atoms with Crippen LogP contribution in [-0.2, 0) is 4.79 Å². The van der Waals surface area contributed by atoms with E-state index in [4.69, 9.17) is 5.26 Å². The second kappa shape index (κ2) is 5.85. The average Bonchev–Trinajstić information content (AvgIpc) is 3.10. The minimum Gasteiger partial charge on any atom is -0.341 e. The molecule has 0 aliphatic carbocycles. The predicted molar refractivity (Wildman–Crippen MR) is 85.8 cm³/mol.